The lowest BCUT2D eigenvalue weighted by atomic mass is 9.82. The molecule has 0 bridgehead atoms. The fourth-order valence-electron chi connectivity index (χ4n) is 11.3. The number of anilines is 9. The first-order valence-corrected chi connectivity index (χ1v) is 28.6. The summed E-state index contributed by atoms with van der Waals surface area (Å²) in [4.78, 5) is 7.33. The molecular weight excluding hydrogens is 1020 g/mol. The molecule has 79 heavy (non-hydrogen) atoms. The molecule has 0 spiro atoms. The van der Waals surface area contributed by atoms with Crippen LogP contribution in [-0.2, 0) is 21.7 Å². The summed E-state index contributed by atoms with van der Waals surface area (Å²) in [6, 6.07) is 87.6. The van der Waals surface area contributed by atoms with E-state index in [1.54, 1.807) is 0 Å². The zero-order chi connectivity index (χ0) is 55.4. The van der Waals surface area contributed by atoms with E-state index in [1.165, 1.54) is 61.2 Å². The molecule has 1 aliphatic carbocycles. The highest BCUT2D eigenvalue weighted by Gasteiger charge is 2.36. The fraction of sp³-hybridized carbons (Fsp3) is 0.200. The number of rotatable bonds is 11. The van der Waals surface area contributed by atoms with Gasteiger partial charge in [0, 0.05) is 45.2 Å². The van der Waals surface area contributed by atoms with Gasteiger partial charge in [-0.1, -0.05) is 222 Å². The maximum atomic E-state index is 4.45. The van der Waals surface area contributed by atoms with E-state index in [0.29, 0.717) is 0 Å². The zero-order valence-electron chi connectivity index (χ0n) is 47.7. The first-order chi connectivity index (χ1) is 37.7. The molecule has 4 heteroatoms. The van der Waals surface area contributed by atoms with Gasteiger partial charge >= 0.3 is 0 Å². The van der Waals surface area contributed by atoms with Crippen LogP contribution in [0.1, 0.15) is 104 Å². The topological polar surface area (TPSA) is 9.72 Å². The van der Waals surface area contributed by atoms with Gasteiger partial charge in [-0.2, -0.15) is 0 Å². The fourth-order valence-corrected chi connectivity index (χ4v) is 11.9. The Morgan fingerprint density at radius 3 is 1.11 bits per heavy atom. The summed E-state index contributed by atoms with van der Waals surface area (Å²) in [5.41, 5.74) is 22.9. The predicted molar refractivity (Wildman–Crippen MR) is 343 cm³/mol. The van der Waals surface area contributed by atoms with Crippen molar-refractivity contribution in [3.63, 3.8) is 0 Å². The maximum Gasteiger partial charge on any atom is 0.0657 e. The van der Waals surface area contributed by atoms with E-state index in [1.807, 2.05) is 0 Å². The van der Waals surface area contributed by atoms with Gasteiger partial charge in [-0.3, -0.25) is 0 Å². The number of hydrogen-bond acceptors (Lipinski definition) is 3. The quantitative estimate of drug-likeness (QED) is 0.128. The van der Waals surface area contributed by atoms with Crippen LogP contribution < -0.4 is 14.7 Å². The highest BCUT2D eigenvalue weighted by atomic mass is 79.9. The first kappa shape index (κ1) is 53.1. The standard InChI is InChI=1S/C75H72BrN3/c1-72(2,3)55-33-41-60(42-34-55)78(61-43-35-56(36-44-61)73(4,5)6)69-47-57(74(7,8)9)48-70(71(69)76)79(64-45-46-66-65-27-18-19-28-67(65)75(10,11)68(66)50-64)63-26-20-25-62(49-63)77(58-37-29-53(30-38-58)51-21-14-12-15-22-51)59-39-31-54(32-40-59)52-23-16-13-17-24-52/h12-50H,1-11H3. The molecule has 0 aromatic heterocycles. The number of fused-ring (bicyclic) bond motifs is 3. The van der Waals surface area contributed by atoms with Crippen LogP contribution in [0.15, 0.2) is 241 Å². The third kappa shape index (κ3) is 10.5. The number of hydrogen-bond donors (Lipinski definition) is 0. The van der Waals surface area contributed by atoms with Crippen molar-refractivity contribution in [1.29, 1.82) is 0 Å². The lowest BCUT2D eigenvalue weighted by molar-refractivity contribution is 0.589. The monoisotopic (exact) mass is 1090 g/mol. The average Bonchev–Trinajstić information content (AvgIpc) is 3.85. The van der Waals surface area contributed by atoms with E-state index in [4.69, 9.17) is 0 Å². The van der Waals surface area contributed by atoms with E-state index in [-0.39, 0.29) is 21.7 Å². The molecule has 0 heterocycles. The molecule has 1 aliphatic rings. The Morgan fingerprint density at radius 2 is 0.646 bits per heavy atom. The smallest absolute Gasteiger partial charge is 0.0657 e. The third-order valence-corrected chi connectivity index (χ3v) is 16.8. The maximum absolute atomic E-state index is 4.45. The van der Waals surface area contributed by atoms with Gasteiger partial charge in [-0.15, -0.1) is 0 Å². The minimum atomic E-state index is -0.217. The second-order valence-electron chi connectivity index (χ2n) is 24.9. The Balaban J connectivity index is 1.14. The molecule has 0 saturated heterocycles. The molecule has 0 aliphatic heterocycles. The van der Waals surface area contributed by atoms with Gasteiger partial charge in [-0.05, 0) is 184 Å². The summed E-state index contributed by atoms with van der Waals surface area (Å²) in [6.45, 7) is 25.4. The second-order valence-corrected chi connectivity index (χ2v) is 25.7. The lowest BCUT2D eigenvalue weighted by Gasteiger charge is -2.35. The summed E-state index contributed by atoms with van der Waals surface area (Å²) in [5.74, 6) is 0. The molecule has 10 aromatic carbocycles. The van der Waals surface area contributed by atoms with Gasteiger partial charge < -0.3 is 14.7 Å². The van der Waals surface area contributed by atoms with Gasteiger partial charge in [-0.25, -0.2) is 0 Å². The number of nitrogens with zero attached hydrogens (tertiary/aromatic N) is 3. The summed E-state index contributed by atoms with van der Waals surface area (Å²) in [5, 5.41) is 0. The van der Waals surface area contributed by atoms with E-state index in [2.05, 4.69) is 343 Å². The average molecular weight is 1100 g/mol. The van der Waals surface area contributed by atoms with Crippen LogP contribution in [0.2, 0.25) is 0 Å². The van der Waals surface area contributed by atoms with Crippen molar-refractivity contribution in [2.45, 2.75) is 97.8 Å². The Bertz CT molecular complexity index is 3640. The molecule has 0 amide bonds. The summed E-state index contributed by atoms with van der Waals surface area (Å²) in [7, 11) is 0. The van der Waals surface area contributed by atoms with Crippen molar-refractivity contribution in [1.82, 2.24) is 0 Å². The largest absolute Gasteiger partial charge is 0.310 e. The molecule has 0 atom stereocenters. The van der Waals surface area contributed by atoms with E-state index in [9.17, 15) is 0 Å². The Kier molecular flexibility index (Phi) is 13.9. The molecule has 3 nitrogen and oxygen atoms in total. The molecule has 0 saturated carbocycles. The van der Waals surface area contributed by atoms with Gasteiger partial charge in [0.05, 0.1) is 15.8 Å². The van der Waals surface area contributed by atoms with Crippen molar-refractivity contribution >= 4 is 67.1 Å². The minimum Gasteiger partial charge on any atom is -0.310 e. The molecule has 11 rings (SSSR count). The highest BCUT2D eigenvalue weighted by molar-refractivity contribution is 9.10. The molecule has 10 aromatic rings. The molecule has 0 unspecified atom stereocenters. The van der Waals surface area contributed by atoms with E-state index in [0.717, 1.165) is 55.7 Å². The number of benzene rings is 10. The van der Waals surface area contributed by atoms with Crippen LogP contribution >= 0.6 is 15.9 Å². The van der Waals surface area contributed by atoms with Gasteiger partial charge in [0.15, 0.2) is 0 Å². The van der Waals surface area contributed by atoms with Crippen LogP contribution in [0.4, 0.5) is 51.2 Å². The van der Waals surface area contributed by atoms with Crippen molar-refractivity contribution in [3.8, 4) is 33.4 Å². The number of halogens is 1. The van der Waals surface area contributed by atoms with Crippen LogP contribution in [0.5, 0.6) is 0 Å². The van der Waals surface area contributed by atoms with Crippen molar-refractivity contribution < 1.29 is 0 Å². The summed E-state index contributed by atoms with van der Waals surface area (Å²) >= 11 is 4.45. The highest BCUT2D eigenvalue weighted by Crippen LogP contribution is 2.54. The van der Waals surface area contributed by atoms with Crippen molar-refractivity contribution in [3.05, 3.63) is 269 Å². The van der Waals surface area contributed by atoms with Crippen LogP contribution in [0, 0.1) is 0 Å². The Labute approximate surface area is 479 Å². The van der Waals surface area contributed by atoms with Crippen LogP contribution in [0.25, 0.3) is 33.4 Å². The summed E-state index contributed by atoms with van der Waals surface area (Å²) in [6.07, 6.45) is 0. The molecule has 0 N–H and O–H groups in total. The van der Waals surface area contributed by atoms with Crippen molar-refractivity contribution in [2.75, 3.05) is 14.7 Å². The van der Waals surface area contributed by atoms with Crippen molar-refractivity contribution in [2.24, 2.45) is 0 Å². The molecule has 394 valence electrons. The second kappa shape index (κ2) is 20.7. The normalized spacial score (nSPS) is 12.9. The minimum absolute atomic E-state index is 0.00522. The van der Waals surface area contributed by atoms with Crippen LogP contribution in [-0.4, -0.2) is 0 Å². The molecule has 0 fully saturated rings. The van der Waals surface area contributed by atoms with E-state index >= 15 is 0 Å². The predicted octanol–water partition coefficient (Wildman–Crippen LogP) is 22.4. The van der Waals surface area contributed by atoms with Gasteiger partial charge in [0.2, 0.25) is 0 Å². The Morgan fingerprint density at radius 1 is 0.291 bits per heavy atom. The third-order valence-electron chi connectivity index (χ3n) is 16.0. The lowest BCUT2D eigenvalue weighted by Crippen LogP contribution is -2.20. The summed E-state index contributed by atoms with van der Waals surface area (Å²) < 4.78 is 0.985. The first-order valence-electron chi connectivity index (χ1n) is 27.8. The van der Waals surface area contributed by atoms with E-state index < -0.39 is 0 Å². The Hall–Kier alpha value is -7.92. The SMILES string of the molecule is CC(C)(C)c1ccc(N(c2ccc(C(C)(C)C)cc2)c2cc(C(C)(C)C)cc(N(c3cccc(N(c4ccc(-c5ccccc5)cc4)c4ccc(-c5ccccc5)cc4)c3)c3ccc4c(c3)C(C)(C)c3ccccc3-4)c2Br)cc1. The van der Waals surface area contributed by atoms with Gasteiger partial charge in [0.1, 0.15) is 0 Å². The molecule has 0 radical (unpaired) electrons. The molecular formula is C75H72BrN3. The van der Waals surface area contributed by atoms with Gasteiger partial charge in [0.25, 0.3) is 0 Å². The zero-order valence-corrected chi connectivity index (χ0v) is 49.3. The van der Waals surface area contributed by atoms with Crippen LogP contribution in [0.3, 0.4) is 0 Å².